The highest BCUT2D eigenvalue weighted by molar-refractivity contribution is 6.31. The van der Waals surface area contributed by atoms with Gasteiger partial charge in [-0.2, -0.15) is 17.9 Å². The average molecular weight is 456 g/mol. The maximum absolute atomic E-state index is 13.5. The molecule has 0 radical (unpaired) electrons. The highest BCUT2D eigenvalue weighted by atomic mass is 35.5. The van der Waals surface area contributed by atoms with Gasteiger partial charge in [0.25, 0.3) is 5.91 Å². The van der Waals surface area contributed by atoms with Gasteiger partial charge in [0.05, 0.1) is 23.1 Å². The van der Waals surface area contributed by atoms with E-state index in [1.54, 1.807) is 6.92 Å². The number of alkyl halides is 3. The number of aromatic nitrogens is 4. The maximum atomic E-state index is 13.5. The number of pyridine rings is 1. The van der Waals surface area contributed by atoms with Crippen LogP contribution in [0.25, 0.3) is 5.82 Å². The van der Waals surface area contributed by atoms with E-state index in [0.29, 0.717) is 29.2 Å². The number of halogens is 5. The summed E-state index contributed by atoms with van der Waals surface area (Å²) in [5.74, 6) is -0.772. The normalized spacial score (nSPS) is 11.6. The zero-order valence-electron chi connectivity index (χ0n) is 16.6. The van der Waals surface area contributed by atoms with Gasteiger partial charge in [-0.1, -0.05) is 23.7 Å². The van der Waals surface area contributed by atoms with E-state index >= 15 is 0 Å². The second-order valence-corrected chi connectivity index (χ2v) is 7.21. The van der Waals surface area contributed by atoms with Gasteiger partial charge < -0.3 is 5.32 Å². The zero-order valence-corrected chi connectivity index (χ0v) is 17.4. The number of carbonyl (C=O) groups is 1. The molecule has 0 spiro atoms. The molecule has 0 bridgehead atoms. The number of nitrogens with zero attached hydrogens (tertiary/aromatic N) is 4. The third-order valence-corrected chi connectivity index (χ3v) is 4.78. The Morgan fingerprint density at radius 2 is 1.97 bits per heavy atom. The summed E-state index contributed by atoms with van der Waals surface area (Å²) in [4.78, 5) is 16.4. The highest BCUT2D eigenvalue weighted by Gasteiger charge is 2.31. The molecule has 2 heterocycles. The second kappa shape index (κ2) is 9.01. The van der Waals surface area contributed by atoms with Crippen LogP contribution in [0.2, 0.25) is 5.02 Å². The second-order valence-electron chi connectivity index (χ2n) is 6.77. The van der Waals surface area contributed by atoms with Crippen molar-refractivity contribution < 1.29 is 22.4 Å². The molecular weight excluding hydrogens is 438 g/mol. The van der Waals surface area contributed by atoms with Crippen molar-refractivity contribution in [3.8, 4) is 5.82 Å². The number of benzene rings is 1. The van der Waals surface area contributed by atoms with Gasteiger partial charge in [-0.15, -0.1) is 5.10 Å². The van der Waals surface area contributed by atoms with E-state index in [2.05, 4.69) is 20.6 Å². The molecule has 0 aliphatic heterocycles. The molecule has 0 aliphatic rings. The van der Waals surface area contributed by atoms with Gasteiger partial charge in [-0.3, -0.25) is 4.79 Å². The molecule has 1 aromatic carbocycles. The minimum Gasteiger partial charge on any atom is -0.352 e. The Hall–Kier alpha value is -3.01. The molecule has 3 aromatic rings. The molecule has 11 heteroatoms. The van der Waals surface area contributed by atoms with Crippen LogP contribution in [0.15, 0.2) is 30.5 Å². The van der Waals surface area contributed by atoms with E-state index < -0.39 is 23.5 Å². The lowest BCUT2D eigenvalue weighted by Crippen LogP contribution is -2.27. The standard InChI is InChI=1S/C20H18ClF4N5O/c1-3-16-17(30(29-28-16)18-6-11(2)15(22)10-27-18)4-5-26-19(31)12-7-13(20(23,24)25)9-14(21)8-12/h6-10H,3-5H2,1-2H3,(H,26,31). The summed E-state index contributed by atoms with van der Waals surface area (Å²) in [5, 5.41) is 10.5. The summed E-state index contributed by atoms with van der Waals surface area (Å²) in [6.45, 7) is 3.58. The van der Waals surface area contributed by atoms with Crippen LogP contribution in [0.1, 0.15) is 39.8 Å². The van der Waals surface area contributed by atoms with Crippen LogP contribution in [0, 0.1) is 12.7 Å². The van der Waals surface area contributed by atoms with Crippen LogP contribution in [-0.4, -0.2) is 32.4 Å². The molecule has 0 saturated heterocycles. The number of rotatable bonds is 6. The van der Waals surface area contributed by atoms with E-state index in [1.165, 1.54) is 16.8 Å². The van der Waals surface area contributed by atoms with Crippen molar-refractivity contribution in [3.05, 3.63) is 69.4 Å². The highest BCUT2D eigenvalue weighted by Crippen LogP contribution is 2.31. The summed E-state index contributed by atoms with van der Waals surface area (Å²) < 4.78 is 53.9. The Bertz CT molecular complexity index is 1110. The Kier molecular flexibility index (Phi) is 6.59. The zero-order chi connectivity index (χ0) is 22.8. The minimum absolute atomic E-state index is 0.104. The molecule has 3 rings (SSSR count). The van der Waals surface area contributed by atoms with Gasteiger partial charge in [0.15, 0.2) is 5.82 Å². The Morgan fingerprint density at radius 1 is 1.23 bits per heavy atom. The number of amides is 1. The Balaban J connectivity index is 1.76. The van der Waals surface area contributed by atoms with Gasteiger partial charge >= 0.3 is 6.18 Å². The molecule has 164 valence electrons. The third kappa shape index (κ3) is 5.19. The predicted molar refractivity (Wildman–Crippen MR) is 106 cm³/mol. The Labute approximate surface area is 180 Å². The molecule has 0 atom stereocenters. The lowest BCUT2D eigenvalue weighted by Gasteiger charge is -2.11. The van der Waals surface area contributed by atoms with E-state index in [-0.39, 0.29) is 23.6 Å². The van der Waals surface area contributed by atoms with E-state index in [1.807, 2.05) is 6.92 Å². The molecule has 1 N–H and O–H groups in total. The van der Waals surface area contributed by atoms with Gasteiger partial charge in [0, 0.05) is 23.6 Å². The van der Waals surface area contributed by atoms with Crippen molar-refractivity contribution in [2.24, 2.45) is 0 Å². The fourth-order valence-corrected chi connectivity index (χ4v) is 3.20. The average Bonchev–Trinajstić information content (AvgIpc) is 3.11. The smallest absolute Gasteiger partial charge is 0.352 e. The van der Waals surface area contributed by atoms with Crippen molar-refractivity contribution in [2.45, 2.75) is 32.9 Å². The summed E-state index contributed by atoms with van der Waals surface area (Å²) in [7, 11) is 0. The summed E-state index contributed by atoms with van der Waals surface area (Å²) in [5.41, 5.74) is 0.513. The fourth-order valence-electron chi connectivity index (χ4n) is 2.96. The first-order valence-corrected chi connectivity index (χ1v) is 9.70. The molecule has 2 aromatic heterocycles. The van der Waals surface area contributed by atoms with E-state index in [0.717, 1.165) is 18.3 Å². The molecule has 0 fully saturated rings. The van der Waals surface area contributed by atoms with Crippen LogP contribution in [0.3, 0.4) is 0 Å². The molecule has 0 unspecified atom stereocenters. The number of aryl methyl sites for hydroxylation is 2. The van der Waals surface area contributed by atoms with Crippen molar-refractivity contribution >= 4 is 17.5 Å². The van der Waals surface area contributed by atoms with Crippen molar-refractivity contribution in [3.63, 3.8) is 0 Å². The molecular formula is C20H18ClF4N5O. The molecule has 31 heavy (non-hydrogen) atoms. The molecule has 6 nitrogen and oxygen atoms in total. The van der Waals surface area contributed by atoms with Gasteiger partial charge in [0.2, 0.25) is 0 Å². The summed E-state index contributed by atoms with van der Waals surface area (Å²) in [6.07, 6.45) is -2.69. The minimum atomic E-state index is -4.62. The van der Waals surface area contributed by atoms with Crippen LogP contribution < -0.4 is 5.32 Å². The lowest BCUT2D eigenvalue weighted by molar-refractivity contribution is -0.137. The number of carbonyl (C=O) groups excluding carboxylic acids is 1. The summed E-state index contributed by atoms with van der Waals surface area (Å²) in [6, 6.07) is 4.19. The van der Waals surface area contributed by atoms with Gasteiger partial charge in [0.1, 0.15) is 5.82 Å². The summed E-state index contributed by atoms with van der Waals surface area (Å²) >= 11 is 5.73. The largest absolute Gasteiger partial charge is 0.416 e. The van der Waals surface area contributed by atoms with Crippen molar-refractivity contribution in [1.82, 2.24) is 25.3 Å². The molecule has 0 aliphatic carbocycles. The monoisotopic (exact) mass is 455 g/mol. The first kappa shape index (κ1) is 22.7. The third-order valence-electron chi connectivity index (χ3n) is 4.56. The fraction of sp³-hybridized carbons (Fsp3) is 0.300. The van der Waals surface area contributed by atoms with Gasteiger partial charge in [-0.25, -0.2) is 9.37 Å². The van der Waals surface area contributed by atoms with Crippen LogP contribution in [0.4, 0.5) is 17.6 Å². The van der Waals surface area contributed by atoms with E-state index in [9.17, 15) is 22.4 Å². The van der Waals surface area contributed by atoms with Crippen LogP contribution in [-0.2, 0) is 19.0 Å². The van der Waals surface area contributed by atoms with Crippen LogP contribution in [0.5, 0.6) is 0 Å². The van der Waals surface area contributed by atoms with Gasteiger partial charge in [-0.05, 0) is 43.2 Å². The number of nitrogens with one attached hydrogen (secondary N) is 1. The maximum Gasteiger partial charge on any atom is 0.416 e. The SMILES string of the molecule is CCc1nnn(-c2cc(C)c(F)cn2)c1CCNC(=O)c1cc(Cl)cc(C(F)(F)F)c1. The Morgan fingerprint density at radius 3 is 2.61 bits per heavy atom. The first-order valence-electron chi connectivity index (χ1n) is 9.32. The predicted octanol–water partition coefficient (Wildman–Crippen LogP) is 4.32. The lowest BCUT2D eigenvalue weighted by atomic mass is 10.1. The van der Waals surface area contributed by atoms with Crippen molar-refractivity contribution in [2.75, 3.05) is 6.54 Å². The quantitative estimate of drug-likeness (QED) is 0.562. The molecule has 1 amide bonds. The van der Waals surface area contributed by atoms with Crippen molar-refractivity contribution in [1.29, 1.82) is 0 Å². The van der Waals surface area contributed by atoms with E-state index in [4.69, 9.17) is 11.6 Å². The molecule has 0 saturated carbocycles. The van der Waals surface area contributed by atoms with Crippen LogP contribution >= 0.6 is 11.6 Å². The topological polar surface area (TPSA) is 72.7 Å². The first-order chi connectivity index (χ1) is 14.6. The number of hydrogen-bond acceptors (Lipinski definition) is 4. The number of hydrogen-bond donors (Lipinski definition) is 1.